The van der Waals surface area contributed by atoms with Gasteiger partial charge in [0, 0.05) is 32.8 Å². The molecule has 3 N–H and O–H groups in total. The SMILES string of the molecule is CC(=O)O[C@@H]1[C@H](OC(C)=O)[C@@H](Nc2ncnc3c2ncn3[C@H]2C[C@H](O)[C@@H](CO)O2)c2c(ccc3ccccc23)[C@H]1OC(C)=O. The molecule has 1 aliphatic carbocycles. The first-order valence-electron chi connectivity index (χ1n) is 14.1. The summed E-state index contributed by atoms with van der Waals surface area (Å²) in [4.78, 5) is 50.5. The van der Waals surface area contributed by atoms with E-state index in [0.717, 1.165) is 10.8 Å². The summed E-state index contributed by atoms with van der Waals surface area (Å²) < 4.78 is 24.7. The van der Waals surface area contributed by atoms with Crippen LogP contribution in [0, 0.1) is 0 Å². The molecule has 4 aromatic rings. The molecule has 2 aliphatic rings. The molecule has 1 fully saturated rings. The molecule has 0 unspecified atom stereocenters. The van der Waals surface area contributed by atoms with Crippen LogP contribution in [0.1, 0.15) is 56.7 Å². The molecule has 230 valence electrons. The van der Waals surface area contributed by atoms with E-state index in [2.05, 4.69) is 20.3 Å². The van der Waals surface area contributed by atoms with Gasteiger partial charge < -0.3 is 34.5 Å². The number of anilines is 1. The van der Waals surface area contributed by atoms with Crippen LogP contribution in [0.15, 0.2) is 49.1 Å². The van der Waals surface area contributed by atoms with Crippen molar-refractivity contribution in [1.82, 2.24) is 19.5 Å². The maximum absolute atomic E-state index is 12.5. The van der Waals surface area contributed by atoms with Gasteiger partial charge in [-0.05, 0) is 16.3 Å². The first-order chi connectivity index (χ1) is 21.2. The Morgan fingerprint density at radius 1 is 0.977 bits per heavy atom. The summed E-state index contributed by atoms with van der Waals surface area (Å²) in [7, 11) is 0. The average molecular weight is 606 g/mol. The molecule has 44 heavy (non-hydrogen) atoms. The zero-order valence-electron chi connectivity index (χ0n) is 24.1. The second-order valence-electron chi connectivity index (χ2n) is 10.8. The van der Waals surface area contributed by atoms with Crippen LogP contribution in [0.25, 0.3) is 21.9 Å². The standard InChI is InChI=1S/C30H31N5O9/c1-14(37)41-26-19-9-8-17-6-4-5-7-18(17)23(19)24(27(42-15(2)38)28(26)43-16(3)39)34-29-25-30(32-12-31-29)35(13-33-25)22-10-20(40)21(11-36)44-22/h4-9,12-13,20-22,24,26-28,36,40H,10-11H2,1-3H3,(H,31,32,34)/t20-,21+,22+,24-,26+,27+,28-/m0/s1. The minimum absolute atomic E-state index is 0.224. The molecular weight excluding hydrogens is 574 g/mol. The Bertz CT molecular complexity index is 1740. The number of carbonyl (C=O) groups is 3. The van der Waals surface area contributed by atoms with Crippen molar-refractivity contribution in [3.8, 4) is 0 Å². The lowest BCUT2D eigenvalue weighted by Crippen LogP contribution is -2.49. The van der Waals surface area contributed by atoms with Gasteiger partial charge in [0.05, 0.1) is 25.1 Å². The smallest absolute Gasteiger partial charge is 0.303 e. The highest BCUT2D eigenvalue weighted by atomic mass is 16.6. The molecule has 0 saturated carbocycles. The molecule has 0 amide bonds. The van der Waals surface area contributed by atoms with Gasteiger partial charge >= 0.3 is 17.9 Å². The Morgan fingerprint density at radius 2 is 1.70 bits per heavy atom. The fraction of sp³-hybridized carbons (Fsp3) is 0.400. The van der Waals surface area contributed by atoms with E-state index >= 15 is 0 Å². The number of esters is 3. The number of imidazole rings is 1. The van der Waals surface area contributed by atoms with E-state index < -0.39 is 60.7 Å². The second-order valence-corrected chi connectivity index (χ2v) is 10.8. The van der Waals surface area contributed by atoms with E-state index in [-0.39, 0.29) is 18.8 Å². The molecule has 2 aromatic carbocycles. The monoisotopic (exact) mass is 605 g/mol. The van der Waals surface area contributed by atoms with Gasteiger partial charge in [-0.2, -0.15) is 0 Å². The third-order valence-corrected chi connectivity index (χ3v) is 7.82. The fourth-order valence-corrected chi connectivity index (χ4v) is 6.09. The molecule has 0 radical (unpaired) electrons. The maximum atomic E-state index is 12.5. The van der Waals surface area contributed by atoms with Crippen LogP contribution in [0.2, 0.25) is 0 Å². The van der Waals surface area contributed by atoms with E-state index in [9.17, 15) is 24.6 Å². The lowest BCUT2D eigenvalue weighted by atomic mass is 9.78. The fourth-order valence-electron chi connectivity index (χ4n) is 6.09. The molecule has 0 bridgehead atoms. The predicted octanol–water partition coefficient (Wildman–Crippen LogP) is 2.25. The zero-order chi connectivity index (χ0) is 31.1. The van der Waals surface area contributed by atoms with Crippen LogP contribution in [0.5, 0.6) is 0 Å². The van der Waals surface area contributed by atoms with Crippen molar-refractivity contribution in [3.63, 3.8) is 0 Å². The van der Waals surface area contributed by atoms with E-state index in [1.807, 2.05) is 30.3 Å². The Balaban J connectivity index is 1.51. The molecule has 3 heterocycles. The largest absolute Gasteiger partial charge is 0.456 e. The molecule has 14 heteroatoms. The number of nitrogens with zero attached hydrogens (tertiary/aromatic N) is 4. The van der Waals surface area contributed by atoms with E-state index in [1.165, 1.54) is 33.4 Å². The highest BCUT2D eigenvalue weighted by molar-refractivity contribution is 5.89. The van der Waals surface area contributed by atoms with Crippen molar-refractivity contribution < 1.29 is 43.5 Å². The van der Waals surface area contributed by atoms with Crippen LogP contribution < -0.4 is 5.32 Å². The van der Waals surface area contributed by atoms with Gasteiger partial charge in [-0.25, -0.2) is 15.0 Å². The number of hydrogen-bond acceptors (Lipinski definition) is 13. The van der Waals surface area contributed by atoms with Crippen LogP contribution in [-0.2, 0) is 33.3 Å². The summed E-state index contributed by atoms with van der Waals surface area (Å²) in [6, 6.07) is 10.4. The lowest BCUT2D eigenvalue weighted by molar-refractivity contribution is -0.187. The number of nitrogens with one attached hydrogen (secondary N) is 1. The molecule has 0 spiro atoms. The van der Waals surface area contributed by atoms with Gasteiger partial charge in [-0.1, -0.05) is 36.4 Å². The minimum atomic E-state index is -1.20. The van der Waals surface area contributed by atoms with Gasteiger partial charge in [0.15, 0.2) is 35.3 Å². The van der Waals surface area contributed by atoms with Crippen LogP contribution in [0.3, 0.4) is 0 Å². The quantitative estimate of drug-likeness (QED) is 0.206. The van der Waals surface area contributed by atoms with Crippen molar-refractivity contribution in [3.05, 3.63) is 60.2 Å². The number of fused-ring (bicyclic) bond motifs is 4. The van der Waals surface area contributed by atoms with Gasteiger partial charge in [-0.3, -0.25) is 19.0 Å². The summed E-state index contributed by atoms with van der Waals surface area (Å²) in [5.41, 5.74) is 1.96. The zero-order valence-corrected chi connectivity index (χ0v) is 24.1. The summed E-state index contributed by atoms with van der Waals surface area (Å²) >= 11 is 0. The third-order valence-electron chi connectivity index (χ3n) is 7.82. The number of rotatable bonds is 7. The van der Waals surface area contributed by atoms with Crippen molar-refractivity contribution >= 4 is 45.7 Å². The molecule has 2 aromatic heterocycles. The molecule has 14 nitrogen and oxygen atoms in total. The van der Waals surface area contributed by atoms with E-state index in [1.54, 1.807) is 10.6 Å². The first kappa shape index (κ1) is 29.4. The van der Waals surface area contributed by atoms with Crippen molar-refractivity contribution in [1.29, 1.82) is 0 Å². The molecule has 7 atom stereocenters. The third kappa shape index (κ3) is 5.31. The van der Waals surface area contributed by atoms with Crippen molar-refractivity contribution in [2.45, 2.75) is 70.0 Å². The summed E-state index contributed by atoms with van der Waals surface area (Å²) in [6.45, 7) is 3.37. The summed E-state index contributed by atoms with van der Waals surface area (Å²) in [6.07, 6.45) is -2.60. The Morgan fingerprint density at radius 3 is 2.41 bits per heavy atom. The number of aliphatic hydroxyl groups is 2. The topological polar surface area (TPSA) is 184 Å². The predicted molar refractivity (Wildman–Crippen MR) is 153 cm³/mol. The van der Waals surface area contributed by atoms with E-state index in [0.29, 0.717) is 22.3 Å². The number of ether oxygens (including phenoxy) is 4. The summed E-state index contributed by atoms with van der Waals surface area (Å²) in [5, 5.41) is 24.8. The Labute approximate surface area is 250 Å². The van der Waals surface area contributed by atoms with Gasteiger partial charge in [0.25, 0.3) is 0 Å². The van der Waals surface area contributed by atoms with Crippen LogP contribution in [0.4, 0.5) is 5.82 Å². The number of benzene rings is 2. The van der Waals surface area contributed by atoms with Crippen molar-refractivity contribution in [2.24, 2.45) is 0 Å². The molecule has 6 rings (SSSR count). The molecular formula is C30H31N5O9. The van der Waals surface area contributed by atoms with Crippen LogP contribution >= 0.6 is 0 Å². The first-order valence-corrected chi connectivity index (χ1v) is 14.1. The average Bonchev–Trinajstić information content (AvgIpc) is 3.59. The number of carbonyl (C=O) groups excluding carboxylic acids is 3. The van der Waals surface area contributed by atoms with Gasteiger partial charge in [0.2, 0.25) is 0 Å². The van der Waals surface area contributed by atoms with Gasteiger partial charge in [0.1, 0.15) is 18.7 Å². The van der Waals surface area contributed by atoms with Gasteiger partial charge in [-0.15, -0.1) is 0 Å². The number of aromatic nitrogens is 4. The lowest BCUT2D eigenvalue weighted by Gasteiger charge is -2.42. The Hall–Kier alpha value is -4.66. The number of aliphatic hydroxyl groups excluding tert-OH is 2. The summed E-state index contributed by atoms with van der Waals surface area (Å²) in [5.74, 6) is -1.63. The Kier molecular flexibility index (Phi) is 7.88. The normalized spacial score (nSPS) is 26.2. The highest BCUT2D eigenvalue weighted by Crippen LogP contribution is 2.46. The minimum Gasteiger partial charge on any atom is -0.456 e. The maximum Gasteiger partial charge on any atom is 0.303 e. The van der Waals surface area contributed by atoms with Crippen molar-refractivity contribution in [2.75, 3.05) is 11.9 Å². The highest BCUT2D eigenvalue weighted by Gasteiger charge is 2.50. The molecule has 1 aliphatic heterocycles. The van der Waals surface area contributed by atoms with E-state index in [4.69, 9.17) is 18.9 Å². The number of hydrogen-bond donors (Lipinski definition) is 3. The second kappa shape index (κ2) is 11.8. The molecule has 1 saturated heterocycles. The van der Waals surface area contributed by atoms with Crippen LogP contribution in [-0.4, -0.2) is 78.7 Å².